The number of carbonyl (C=O) groups is 2. The van der Waals surface area contributed by atoms with Gasteiger partial charge in [-0.2, -0.15) is 5.10 Å². The summed E-state index contributed by atoms with van der Waals surface area (Å²) >= 11 is 0. The van der Waals surface area contributed by atoms with Crippen LogP contribution in [0, 0.1) is 24.6 Å². The van der Waals surface area contributed by atoms with E-state index < -0.39 is 0 Å². The van der Waals surface area contributed by atoms with Crippen LogP contribution in [-0.2, 0) is 9.59 Å². The highest BCUT2D eigenvalue weighted by Gasteiger charge is 2.28. The third kappa shape index (κ3) is 5.24. The van der Waals surface area contributed by atoms with Crippen LogP contribution in [-0.4, -0.2) is 52.7 Å². The topological polar surface area (TPSA) is 79.3 Å². The van der Waals surface area contributed by atoms with Crippen LogP contribution in [0.5, 0.6) is 0 Å². The first-order chi connectivity index (χ1) is 14.5. The summed E-state index contributed by atoms with van der Waals surface area (Å²) < 4.78 is 14.8. The minimum absolute atomic E-state index is 0.0581. The molecule has 2 amide bonds. The number of hydrogen-bond donors (Lipinski definition) is 2. The predicted octanol–water partition coefficient (Wildman–Crippen LogP) is 2.50. The summed E-state index contributed by atoms with van der Waals surface area (Å²) in [6.45, 7) is 4.24. The standard InChI is InChI=1S/C22H28FN5O2/c1-15-11-20(28(26-15)19-8-6-18(23)7-9-19)25-21(29)14-27-10-2-3-17(13-27)22(30)24-12-16-4-5-16/h6-9,11,16-17H,2-5,10,12-14H2,1H3,(H,24,30)(H,25,29). The molecule has 2 aliphatic rings. The molecule has 0 radical (unpaired) electrons. The molecular formula is C22H28FN5O2. The highest BCUT2D eigenvalue weighted by Crippen LogP contribution is 2.28. The summed E-state index contributed by atoms with van der Waals surface area (Å²) in [6.07, 6.45) is 4.20. The van der Waals surface area contributed by atoms with Crippen LogP contribution in [0.25, 0.3) is 5.69 Å². The van der Waals surface area contributed by atoms with Gasteiger partial charge in [-0.1, -0.05) is 0 Å². The second-order valence-electron chi connectivity index (χ2n) is 8.37. The molecule has 4 rings (SSSR count). The van der Waals surface area contributed by atoms with Crippen LogP contribution in [0.1, 0.15) is 31.4 Å². The van der Waals surface area contributed by atoms with Crippen molar-refractivity contribution in [1.82, 2.24) is 20.0 Å². The lowest BCUT2D eigenvalue weighted by molar-refractivity contribution is -0.128. The first-order valence-corrected chi connectivity index (χ1v) is 10.6. The quantitative estimate of drug-likeness (QED) is 0.731. The van der Waals surface area contributed by atoms with E-state index in [0.29, 0.717) is 24.0 Å². The molecule has 0 spiro atoms. The molecule has 7 nitrogen and oxygen atoms in total. The van der Waals surface area contributed by atoms with E-state index in [4.69, 9.17) is 0 Å². The number of aryl methyl sites for hydroxylation is 1. The molecule has 30 heavy (non-hydrogen) atoms. The number of anilines is 1. The minimum Gasteiger partial charge on any atom is -0.356 e. The maximum absolute atomic E-state index is 13.2. The Morgan fingerprint density at radius 3 is 2.70 bits per heavy atom. The van der Waals surface area contributed by atoms with E-state index >= 15 is 0 Å². The number of hydrogen-bond acceptors (Lipinski definition) is 4. The van der Waals surface area contributed by atoms with Gasteiger partial charge in [0.25, 0.3) is 0 Å². The second kappa shape index (κ2) is 8.95. The fourth-order valence-corrected chi connectivity index (χ4v) is 3.88. The van der Waals surface area contributed by atoms with E-state index in [1.807, 2.05) is 11.8 Å². The van der Waals surface area contributed by atoms with Gasteiger partial charge in [0.1, 0.15) is 11.6 Å². The van der Waals surface area contributed by atoms with Crippen LogP contribution < -0.4 is 10.6 Å². The van der Waals surface area contributed by atoms with Crippen LogP contribution in [0.3, 0.4) is 0 Å². The normalized spacial score (nSPS) is 19.5. The van der Waals surface area contributed by atoms with Gasteiger partial charge in [-0.05, 0) is 69.3 Å². The summed E-state index contributed by atoms with van der Waals surface area (Å²) in [6, 6.07) is 7.74. The Balaban J connectivity index is 1.34. The molecule has 2 aromatic rings. The zero-order chi connectivity index (χ0) is 21.1. The van der Waals surface area contributed by atoms with Gasteiger partial charge >= 0.3 is 0 Å². The summed E-state index contributed by atoms with van der Waals surface area (Å²) in [5.41, 5.74) is 1.42. The molecule has 8 heteroatoms. The number of rotatable bonds is 7. The maximum Gasteiger partial charge on any atom is 0.239 e. The SMILES string of the molecule is Cc1cc(NC(=O)CN2CCCC(C(=O)NCC3CC3)C2)n(-c2ccc(F)cc2)n1. The minimum atomic E-state index is -0.325. The number of amides is 2. The molecule has 1 saturated heterocycles. The molecule has 1 aliphatic carbocycles. The summed E-state index contributed by atoms with van der Waals surface area (Å²) in [5.74, 6) is 0.773. The number of nitrogens with one attached hydrogen (secondary N) is 2. The second-order valence-corrected chi connectivity index (χ2v) is 8.37. The lowest BCUT2D eigenvalue weighted by atomic mass is 9.97. The number of halogens is 1. The lowest BCUT2D eigenvalue weighted by Gasteiger charge is -2.31. The average molecular weight is 413 g/mol. The number of piperidine rings is 1. The molecular weight excluding hydrogens is 385 g/mol. The Bertz CT molecular complexity index is 907. The fourth-order valence-electron chi connectivity index (χ4n) is 3.88. The first-order valence-electron chi connectivity index (χ1n) is 10.6. The van der Waals surface area contributed by atoms with E-state index in [1.165, 1.54) is 25.0 Å². The van der Waals surface area contributed by atoms with E-state index in [0.717, 1.165) is 31.6 Å². The van der Waals surface area contributed by atoms with Crippen molar-refractivity contribution in [2.75, 3.05) is 31.5 Å². The molecule has 1 unspecified atom stereocenters. The van der Waals surface area contributed by atoms with Gasteiger partial charge in [-0.15, -0.1) is 0 Å². The third-order valence-electron chi connectivity index (χ3n) is 5.68. The Morgan fingerprint density at radius 2 is 1.97 bits per heavy atom. The van der Waals surface area contributed by atoms with Gasteiger partial charge < -0.3 is 10.6 Å². The maximum atomic E-state index is 13.2. The molecule has 1 aromatic heterocycles. The van der Waals surface area contributed by atoms with Gasteiger partial charge in [0.15, 0.2) is 0 Å². The van der Waals surface area contributed by atoms with Gasteiger partial charge in [-0.3, -0.25) is 14.5 Å². The summed E-state index contributed by atoms with van der Waals surface area (Å²) in [5, 5.41) is 10.4. The van der Waals surface area contributed by atoms with E-state index in [9.17, 15) is 14.0 Å². The molecule has 160 valence electrons. The van der Waals surface area contributed by atoms with Crippen LogP contribution in [0.2, 0.25) is 0 Å². The van der Waals surface area contributed by atoms with Gasteiger partial charge in [0.05, 0.1) is 23.8 Å². The van der Waals surface area contributed by atoms with Crippen molar-refractivity contribution < 1.29 is 14.0 Å². The molecule has 1 aromatic carbocycles. The summed E-state index contributed by atoms with van der Waals surface area (Å²) in [4.78, 5) is 27.1. The molecule has 2 N–H and O–H groups in total. The average Bonchev–Trinajstić information content (AvgIpc) is 3.49. The van der Waals surface area contributed by atoms with Crippen molar-refractivity contribution in [1.29, 1.82) is 0 Å². The smallest absolute Gasteiger partial charge is 0.239 e. The van der Waals surface area contributed by atoms with Crippen molar-refractivity contribution >= 4 is 17.6 Å². The number of likely N-dealkylation sites (tertiary alicyclic amines) is 1. The summed E-state index contributed by atoms with van der Waals surface area (Å²) in [7, 11) is 0. The molecule has 1 aliphatic heterocycles. The number of nitrogens with zero attached hydrogens (tertiary/aromatic N) is 3. The predicted molar refractivity (Wildman–Crippen MR) is 112 cm³/mol. The van der Waals surface area contributed by atoms with Crippen molar-refractivity contribution in [2.24, 2.45) is 11.8 Å². The molecule has 0 bridgehead atoms. The van der Waals surface area contributed by atoms with E-state index in [-0.39, 0.29) is 30.1 Å². The number of benzene rings is 1. The Morgan fingerprint density at radius 1 is 1.20 bits per heavy atom. The highest BCUT2D eigenvalue weighted by molar-refractivity contribution is 5.92. The number of aromatic nitrogens is 2. The monoisotopic (exact) mass is 413 g/mol. The van der Waals surface area contributed by atoms with Gasteiger partial charge in [0.2, 0.25) is 11.8 Å². The third-order valence-corrected chi connectivity index (χ3v) is 5.68. The Kier molecular flexibility index (Phi) is 6.13. The zero-order valence-corrected chi connectivity index (χ0v) is 17.2. The molecule has 1 atom stereocenters. The fraction of sp³-hybridized carbons (Fsp3) is 0.500. The largest absolute Gasteiger partial charge is 0.356 e. The molecule has 2 fully saturated rings. The van der Waals surface area contributed by atoms with Crippen molar-refractivity contribution in [3.05, 3.63) is 41.8 Å². The Hall–Kier alpha value is -2.74. The molecule has 2 heterocycles. The highest BCUT2D eigenvalue weighted by atomic mass is 19.1. The van der Waals surface area contributed by atoms with Crippen LogP contribution in [0.15, 0.2) is 30.3 Å². The van der Waals surface area contributed by atoms with E-state index in [2.05, 4.69) is 15.7 Å². The zero-order valence-electron chi connectivity index (χ0n) is 17.2. The van der Waals surface area contributed by atoms with E-state index in [1.54, 1.807) is 22.9 Å². The Labute approximate surface area is 175 Å². The van der Waals surface area contributed by atoms with Gasteiger partial charge in [0, 0.05) is 19.2 Å². The first kappa shape index (κ1) is 20.5. The van der Waals surface area contributed by atoms with Crippen LogP contribution >= 0.6 is 0 Å². The molecule has 1 saturated carbocycles. The number of carbonyl (C=O) groups excluding carboxylic acids is 2. The van der Waals surface area contributed by atoms with Gasteiger partial charge in [-0.25, -0.2) is 9.07 Å². The van der Waals surface area contributed by atoms with Crippen molar-refractivity contribution in [3.8, 4) is 5.69 Å². The van der Waals surface area contributed by atoms with Crippen LogP contribution in [0.4, 0.5) is 10.2 Å². The lowest BCUT2D eigenvalue weighted by Crippen LogP contribution is -2.45. The van der Waals surface area contributed by atoms with Crippen molar-refractivity contribution in [2.45, 2.75) is 32.6 Å². The van der Waals surface area contributed by atoms with Crippen molar-refractivity contribution in [3.63, 3.8) is 0 Å².